The molecule has 92 valence electrons. The highest BCUT2D eigenvalue weighted by Gasteiger charge is 2.14. The van der Waals surface area contributed by atoms with E-state index >= 15 is 0 Å². The zero-order valence-electron chi connectivity index (χ0n) is 10.1. The van der Waals surface area contributed by atoms with E-state index in [1.165, 1.54) is 11.1 Å². The highest BCUT2D eigenvalue weighted by atomic mass is 16.3. The zero-order valence-corrected chi connectivity index (χ0v) is 10.1. The summed E-state index contributed by atoms with van der Waals surface area (Å²) in [5.41, 5.74) is 3.37. The predicted octanol–water partition coefficient (Wildman–Crippen LogP) is 0.995. The van der Waals surface area contributed by atoms with Gasteiger partial charge in [0.1, 0.15) is 0 Å². The number of fused-ring (bicyclic) bond motifs is 1. The van der Waals surface area contributed by atoms with Crippen LogP contribution in [0.15, 0.2) is 18.2 Å². The molecule has 2 rings (SSSR count). The first-order chi connectivity index (χ1) is 8.19. The Morgan fingerprint density at radius 1 is 1.41 bits per heavy atom. The molecule has 0 bridgehead atoms. The highest BCUT2D eigenvalue weighted by molar-refractivity contribution is 5.93. The molecular formula is C13H18N2O2. The minimum absolute atomic E-state index is 0.0997. The van der Waals surface area contributed by atoms with Crippen LogP contribution in [0.1, 0.15) is 17.5 Å². The summed E-state index contributed by atoms with van der Waals surface area (Å²) in [5, 5.41) is 11.7. The van der Waals surface area contributed by atoms with Crippen LogP contribution in [0.5, 0.6) is 0 Å². The summed E-state index contributed by atoms with van der Waals surface area (Å²) in [6.07, 6.45) is 1.39. The van der Waals surface area contributed by atoms with Crippen molar-refractivity contribution in [2.45, 2.75) is 19.4 Å². The summed E-state index contributed by atoms with van der Waals surface area (Å²) < 4.78 is 0. The van der Waals surface area contributed by atoms with Gasteiger partial charge in [-0.05, 0) is 30.7 Å². The standard InChI is InChI=1S/C13H18N2O2/c1-15(6-7-16)9-10-2-4-12-11(8-10)3-5-13(17)14-12/h2,4,8,16H,3,5-7,9H2,1H3,(H,14,17). The van der Waals surface area contributed by atoms with E-state index in [2.05, 4.69) is 16.3 Å². The number of nitrogens with zero attached hydrogens (tertiary/aromatic N) is 1. The van der Waals surface area contributed by atoms with Gasteiger partial charge in [-0.2, -0.15) is 0 Å². The summed E-state index contributed by atoms with van der Waals surface area (Å²) in [6.45, 7) is 1.67. The normalized spacial score (nSPS) is 14.6. The molecule has 2 N–H and O–H groups in total. The van der Waals surface area contributed by atoms with Crippen LogP contribution in [0.2, 0.25) is 0 Å². The van der Waals surface area contributed by atoms with Crippen molar-refractivity contribution in [3.8, 4) is 0 Å². The molecule has 0 fully saturated rings. The molecule has 0 unspecified atom stereocenters. The lowest BCUT2D eigenvalue weighted by Gasteiger charge is -2.20. The second-order valence-electron chi connectivity index (χ2n) is 4.50. The van der Waals surface area contributed by atoms with Crippen molar-refractivity contribution in [3.63, 3.8) is 0 Å². The number of rotatable bonds is 4. The number of aliphatic hydroxyl groups excluding tert-OH is 1. The molecule has 0 saturated carbocycles. The van der Waals surface area contributed by atoms with E-state index < -0.39 is 0 Å². The Bertz CT molecular complexity index is 418. The van der Waals surface area contributed by atoms with E-state index in [4.69, 9.17) is 5.11 Å². The molecule has 1 heterocycles. The summed E-state index contributed by atoms with van der Waals surface area (Å²) in [6, 6.07) is 6.13. The molecule has 4 nitrogen and oxygen atoms in total. The largest absolute Gasteiger partial charge is 0.395 e. The van der Waals surface area contributed by atoms with Crippen molar-refractivity contribution in [1.29, 1.82) is 0 Å². The maximum atomic E-state index is 11.2. The molecule has 17 heavy (non-hydrogen) atoms. The van der Waals surface area contributed by atoms with E-state index in [1.807, 2.05) is 19.2 Å². The molecule has 0 spiro atoms. The Hall–Kier alpha value is -1.39. The van der Waals surface area contributed by atoms with Gasteiger partial charge in [0, 0.05) is 25.2 Å². The molecule has 0 saturated heterocycles. The molecule has 0 atom stereocenters. The number of likely N-dealkylation sites (N-methyl/N-ethyl adjacent to an activating group) is 1. The van der Waals surface area contributed by atoms with Gasteiger partial charge in [0.05, 0.1) is 6.61 Å². The third kappa shape index (κ3) is 3.05. The van der Waals surface area contributed by atoms with Gasteiger partial charge >= 0.3 is 0 Å². The molecule has 1 amide bonds. The minimum Gasteiger partial charge on any atom is -0.395 e. The van der Waals surface area contributed by atoms with Crippen LogP contribution in [0, 0.1) is 0 Å². The Kier molecular flexibility index (Phi) is 3.76. The van der Waals surface area contributed by atoms with Gasteiger partial charge in [-0.3, -0.25) is 9.69 Å². The van der Waals surface area contributed by atoms with Crippen molar-refractivity contribution in [3.05, 3.63) is 29.3 Å². The summed E-state index contributed by atoms with van der Waals surface area (Å²) in [7, 11) is 1.98. The SMILES string of the molecule is CN(CCO)Cc1ccc2c(c1)CCC(=O)N2. The predicted molar refractivity (Wildman–Crippen MR) is 66.8 cm³/mol. The monoisotopic (exact) mass is 234 g/mol. The number of amides is 1. The van der Waals surface area contributed by atoms with E-state index in [-0.39, 0.29) is 12.5 Å². The van der Waals surface area contributed by atoms with Crippen LogP contribution < -0.4 is 5.32 Å². The highest BCUT2D eigenvalue weighted by Crippen LogP contribution is 2.23. The Morgan fingerprint density at radius 2 is 2.24 bits per heavy atom. The van der Waals surface area contributed by atoms with Crippen LogP contribution in [-0.4, -0.2) is 36.1 Å². The van der Waals surface area contributed by atoms with Crippen molar-refractivity contribution in [1.82, 2.24) is 4.90 Å². The number of aliphatic hydroxyl groups is 1. The first kappa shape index (κ1) is 12.1. The zero-order chi connectivity index (χ0) is 12.3. The molecule has 1 aliphatic rings. The lowest BCUT2D eigenvalue weighted by molar-refractivity contribution is -0.116. The fourth-order valence-electron chi connectivity index (χ4n) is 2.10. The van der Waals surface area contributed by atoms with Crippen LogP contribution >= 0.6 is 0 Å². The average molecular weight is 234 g/mol. The molecule has 0 aromatic heterocycles. The molecule has 0 aliphatic carbocycles. The minimum atomic E-state index is 0.0997. The van der Waals surface area contributed by atoms with Gasteiger partial charge in [0.2, 0.25) is 5.91 Å². The molecule has 4 heteroatoms. The van der Waals surface area contributed by atoms with Gasteiger partial charge in [-0.1, -0.05) is 12.1 Å². The summed E-state index contributed by atoms with van der Waals surface area (Å²) in [5.74, 6) is 0.0997. The lowest BCUT2D eigenvalue weighted by Crippen LogP contribution is -2.22. The van der Waals surface area contributed by atoms with Crippen LogP contribution in [0.3, 0.4) is 0 Å². The second kappa shape index (κ2) is 5.29. The first-order valence-corrected chi connectivity index (χ1v) is 5.90. The van der Waals surface area contributed by atoms with E-state index in [9.17, 15) is 4.79 Å². The molecule has 1 aliphatic heterocycles. The quantitative estimate of drug-likeness (QED) is 0.817. The summed E-state index contributed by atoms with van der Waals surface area (Å²) in [4.78, 5) is 13.3. The number of anilines is 1. The van der Waals surface area contributed by atoms with Gasteiger partial charge in [-0.25, -0.2) is 0 Å². The number of hydrogen-bond donors (Lipinski definition) is 2. The number of aryl methyl sites for hydroxylation is 1. The molecule has 1 aromatic rings. The van der Waals surface area contributed by atoms with Crippen LogP contribution in [0.25, 0.3) is 0 Å². The maximum Gasteiger partial charge on any atom is 0.224 e. The van der Waals surface area contributed by atoms with Crippen LogP contribution in [0.4, 0.5) is 5.69 Å². The van der Waals surface area contributed by atoms with E-state index in [0.717, 1.165) is 18.7 Å². The van der Waals surface area contributed by atoms with E-state index in [1.54, 1.807) is 0 Å². The third-order valence-electron chi connectivity index (χ3n) is 3.00. The molecule has 1 aromatic carbocycles. The number of hydrogen-bond acceptors (Lipinski definition) is 3. The van der Waals surface area contributed by atoms with Gasteiger partial charge in [0.15, 0.2) is 0 Å². The topological polar surface area (TPSA) is 52.6 Å². The van der Waals surface area contributed by atoms with Gasteiger partial charge < -0.3 is 10.4 Å². The fraction of sp³-hybridized carbons (Fsp3) is 0.462. The van der Waals surface area contributed by atoms with Gasteiger partial charge in [0.25, 0.3) is 0 Å². The first-order valence-electron chi connectivity index (χ1n) is 5.90. The average Bonchev–Trinajstić information content (AvgIpc) is 2.29. The molecular weight excluding hydrogens is 216 g/mol. The Labute approximate surface area is 101 Å². The van der Waals surface area contributed by atoms with Crippen molar-refractivity contribution >= 4 is 11.6 Å². The fourth-order valence-corrected chi connectivity index (χ4v) is 2.10. The van der Waals surface area contributed by atoms with Crippen molar-refractivity contribution in [2.75, 3.05) is 25.5 Å². The van der Waals surface area contributed by atoms with E-state index in [0.29, 0.717) is 13.0 Å². The number of nitrogens with one attached hydrogen (secondary N) is 1. The Morgan fingerprint density at radius 3 is 3.00 bits per heavy atom. The van der Waals surface area contributed by atoms with Crippen LogP contribution in [-0.2, 0) is 17.8 Å². The summed E-state index contributed by atoms with van der Waals surface area (Å²) >= 11 is 0. The number of carbonyl (C=O) groups is 1. The third-order valence-corrected chi connectivity index (χ3v) is 3.00. The van der Waals surface area contributed by atoms with Crippen molar-refractivity contribution < 1.29 is 9.90 Å². The van der Waals surface area contributed by atoms with Gasteiger partial charge in [-0.15, -0.1) is 0 Å². The molecule has 0 radical (unpaired) electrons. The Balaban J connectivity index is 2.08. The number of benzene rings is 1. The van der Waals surface area contributed by atoms with Crippen molar-refractivity contribution in [2.24, 2.45) is 0 Å². The number of carbonyl (C=O) groups excluding carboxylic acids is 1. The second-order valence-corrected chi connectivity index (χ2v) is 4.50. The lowest BCUT2D eigenvalue weighted by atomic mass is 10.0. The smallest absolute Gasteiger partial charge is 0.224 e. The maximum absolute atomic E-state index is 11.2.